The molecule has 2 saturated carbocycles. The van der Waals surface area contributed by atoms with E-state index in [1.54, 1.807) is 0 Å². The van der Waals surface area contributed by atoms with Gasteiger partial charge < -0.3 is 14.6 Å². The van der Waals surface area contributed by atoms with E-state index >= 15 is 0 Å². The van der Waals surface area contributed by atoms with Crippen molar-refractivity contribution in [2.75, 3.05) is 41.4 Å². The zero-order valence-corrected chi connectivity index (χ0v) is 30.4. The molecule has 6 rings (SSSR count). The van der Waals surface area contributed by atoms with Gasteiger partial charge in [0.05, 0.1) is 6.10 Å². The summed E-state index contributed by atoms with van der Waals surface area (Å²) in [4.78, 5) is 17.2. The Morgan fingerprint density at radius 2 is 1.00 bits per heavy atom. The molecule has 0 aromatic heterocycles. The van der Waals surface area contributed by atoms with Crippen LogP contribution in [0.4, 0.5) is 0 Å². The number of ketones is 1. The lowest BCUT2D eigenvalue weighted by molar-refractivity contribution is -0.126. The first-order valence-corrected chi connectivity index (χ1v) is 18.3. The molecule has 4 aromatic carbocycles. The van der Waals surface area contributed by atoms with Crippen LogP contribution >= 0.6 is 0 Å². The van der Waals surface area contributed by atoms with Crippen molar-refractivity contribution < 1.29 is 19.4 Å². The van der Waals surface area contributed by atoms with Crippen LogP contribution in [0.1, 0.15) is 62.5 Å². The molecule has 4 aromatic rings. The van der Waals surface area contributed by atoms with Gasteiger partial charge in [-0.2, -0.15) is 0 Å². The summed E-state index contributed by atoms with van der Waals surface area (Å²) in [5.41, 5.74) is 2.86. The first kappa shape index (κ1) is 37.3. The molecule has 0 aliphatic heterocycles. The molecule has 50 heavy (non-hydrogen) atoms. The first-order valence-electron chi connectivity index (χ1n) is 18.3. The number of Topliss-reactive ketones (excluding diaryl/α,β-unsaturated/α-hetero) is 1. The second kappa shape index (κ2) is 17.8. The van der Waals surface area contributed by atoms with Gasteiger partial charge in [-0.1, -0.05) is 97.1 Å². The molecule has 0 saturated heterocycles. The molecule has 2 aliphatic rings. The smallest absolute Gasteiger partial charge is 0.173 e. The molecule has 2 aliphatic carbocycles. The van der Waals surface area contributed by atoms with E-state index in [-0.39, 0.29) is 29.4 Å². The third-order valence-electron chi connectivity index (χ3n) is 11.3. The predicted molar refractivity (Wildman–Crippen MR) is 202 cm³/mol. The molecule has 1 atom stereocenters. The van der Waals surface area contributed by atoms with Gasteiger partial charge in [-0.05, 0) is 121 Å². The lowest BCUT2D eigenvalue weighted by Gasteiger charge is -2.46. The maximum absolute atomic E-state index is 12.6. The molecule has 1 N–H and O–H groups in total. The van der Waals surface area contributed by atoms with Crippen molar-refractivity contribution in [1.82, 2.24) is 9.80 Å². The van der Waals surface area contributed by atoms with Gasteiger partial charge in [0.2, 0.25) is 0 Å². The highest BCUT2D eigenvalue weighted by molar-refractivity contribution is 5.82. The molecule has 0 radical (unpaired) electrons. The molecule has 2 fully saturated rings. The van der Waals surface area contributed by atoms with Crippen LogP contribution in [-0.2, 0) is 15.9 Å². The molecule has 0 heterocycles. The van der Waals surface area contributed by atoms with Crippen LogP contribution in [0.15, 0.2) is 121 Å². The Labute approximate surface area is 300 Å². The van der Waals surface area contributed by atoms with E-state index in [9.17, 15) is 9.90 Å². The summed E-state index contributed by atoms with van der Waals surface area (Å²) in [6, 6.07) is 40.8. The van der Waals surface area contributed by atoms with Gasteiger partial charge in [0.1, 0.15) is 24.7 Å². The number of aliphatic hydroxyl groups is 1. The Kier molecular flexibility index (Phi) is 13.3. The third-order valence-corrected chi connectivity index (χ3v) is 11.3. The zero-order valence-electron chi connectivity index (χ0n) is 30.4. The molecule has 0 amide bonds. The Bertz CT molecular complexity index is 1550. The minimum atomic E-state index is -0.406. The second-order valence-electron chi connectivity index (χ2n) is 14.5. The van der Waals surface area contributed by atoms with Gasteiger partial charge in [-0.25, -0.2) is 0 Å². The number of carbonyl (C=O) groups excluding carboxylic acids is 1. The lowest BCUT2D eigenvalue weighted by atomic mass is 9.70. The number of hydrogen-bond donors (Lipinski definition) is 1. The largest absolute Gasteiger partial charge is 0.491 e. The number of aliphatic hydroxyl groups excluding tert-OH is 1. The van der Waals surface area contributed by atoms with Crippen molar-refractivity contribution in [3.05, 3.63) is 132 Å². The maximum atomic E-state index is 12.6. The van der Waals surface area contributed by atoms with E-state index in [0.717, 1.165) is 62.9 Å². The van der Waals surface area contributed by atoms with E-state index in [4.69, 9.17) is 9.47 Å². The van der Waals surface area contributed by atoms with Crippen LogP contribution in [0, 0.1) is 11.8 Å². The summed E-state index contributed by atoms with van der Waals surface area (Å²) in [5, 5.41) is 10.6. The van der Waals surface area contributed by atoms with Crippen LogP contribution in [0.5, 0.6) is 11.5 Å². The Morgan fingerprint density at radius 3 is 1.42 bits per heavy atom. The predicted octanol–water partition coefficient (Wildman–Crippen LogP) is 8.36. The molecular weight excluding hydrogens is 620 g/mol. The Balaban J connectivity index is 0.000000194. The van der Waals surface area contributed by atoms with E-state index in [1.807, 2.05) is 60.7 Å². The summed E-state index contributed by atoms with van der Waals surface area (Å²) in [7, 11) is 8.63. The molecule has 6 heteroatoms. The minimum absolute atomic E-state index is 0.0400. The average molecular weight is 677 g/mol. The van der Waals surface area contributed by atoms with Gasteiger partial charge >= 0.3 is 0 Å². The zero-order chi connectivity index (χ0) is 35.4. The number of benzene rings is 4. The van der Waals surface area contributed by atoms with E-state index in [0.29, 0.717) is 12.5 Å². The highest BCUT2D eigenvalue weighted by Gasteiger charge is 2.41. The summed E-state index contributed by atoms with van der Waals surface area (Å²) >= 11 is 0. The van der Waals surface area contributed by atoms with Crippen molar-refractivity contribution in [3.8, 4) is 11.5 Å². The number of para-hydroxylation sites is 2. The monoisotopic (exact) mass is 676 g/mol. The second-order valence-corrected chi connectivity index (χ2v) is 14.5. The van der Waals surface area contributed by atoms with Crippen molar-refractivity contribution >= 4 is 5.78 Å². The third kappa shape index (κ3) is 9.22. The number of hydrogen-bond acceptors (Lipinski definition) is 6. The molecule has 6 nitrogen and oxygen atoms in total. The quantitative estimate of drug-likeness (QED) is 0.163. The van der Waals surface area contributed by atoms with E-state index in [1.165, 1.54) is 11.1 Å². The topological polar surface area (TPSA) is 62.2 Å². The van der Waals surface area contributed by atoms with E-state index < -0.39 is 6.10 Å². The molecule has 266 valence electrons. The number of carbonyl (C=O) groups is 1. The van der Waals surface area contributed by atoms with Crippen LogP contribution in [-0.4, -0.2) is 68.2 Å². The molecule has 0 spiro atoms. The van der Waals surface area contributed by atoms with E-state index in [2.05, 4.69) is 98.7 Å². The van der Waals surface area contributed by atoms with Crippen LogP contribution in [0.3, 0.4) is 0 Å². The summed E-state index contributed by atoms with van der Waals surface area (Å²) in [6.45, 7) is 0.546. The SMILES string of the molecule is CN(C)C1(c2ccccc2)CCC(C(=O)COc2ccccc2)CC1.CN(C)C1(c2ccccc2)CCC(C(O)COc2ccccc2)CC1. The molecule has 1 unspecified atom stereocenters. The molecule has 0 bridgehead atoms. The number of rotatable bonds is 12. The van der Waals surface area contributed by atoms with Crippen LogP contribution in [0.25, 0.3) is 0 Å². The Morgan fingerprint density at radius 1 is 0.620 bits per heavy atom. The summed E-state index contributed by atoms with van der Waals surface area (Å²) in [5.74, 6) is 2.23. The highest BCUT2D eigenvalue weighted by atomic mass is 16.5. The minimum Gasteiger partial charge on any atom is -0.491 e. The molecular formula is C44H56N2O4. The van der Waals surface area contributed by atoms with Gasteiger partial charge in [-0.3, -0.25) is 14.6 Å². The summed E-state index contributed by atoms with van der Waals surface area (Å²) in [6.07, 6.45) is 7.62. The van der Waals surface area contributed by atoms with Gasteiger partial charge in [-0.15, -0.1) is 0 Å². The number of nitrogens with zero attached hydrogens (tertiary/aromatic N) is 2. The number of ether oxygens (including phenoxy) is 2. The van der Waals surface area contributed by atoms with Crippen LogP contribution in [0.2, 0.25) is 0 Å². The fraction of sp³-hybridized carbons (Fsp3) is 0.432. The van der Waals surface area contributed by atoms with Crippen molar-refractivity contribution in [1.29, 1.82) is 0 Å². The van der Waals surface area contributed by atoms with Gasteiger partial charge in [0.25, 0.3) is 0 Å². The van der Waals surface area contributed by atoms with Gasteiger partial charge in [0, 0.05) is 17.0 Å². The summed E-state index contributed by atoms with van der Waals surface area (Å²) < 4.78 is 11.4. The van der Waals surface area contributed by atoms with Crippen molar-refractivity contribution in [3.63, 3.8) is 0 Å². The average Bonchev–Trinajstić information content (AvgIpc) is 3.17. The fourth-order valence-electron chi connectivity index (χ4n) is 8.03. The van der Waals surface area contributed by atoms with Gasteiger partial charge in [0.15, 0.2) is 5.78 Å². The Hall–Kier alpha value is -3.97. The standard InChI is InChI=1S/C22H29NO2.C22H27NO2/c2*1-23(2)22(19-9-5-3-6-10-19)15-13-18(14-16-22)21(24)17-25-20-11-7-4-8-12-20/h3-12,18,21,24H,13-17H2,1-2H3;3-12,18H,13-17H2,1-2H3. The normalized spacial score (nSPS) is 24.1. The first-order chi connectivity index (χ1) is 24.2. The van der Waals surface area contributed by atoms with Crippen molar-refractivity contribution in [2.24, 2.45) is 11.8 Å². The fourth-order valence-corrected chi connectivity index (χ4v) is 8.03. The lowest BCUT2D eigenvalue weighted by Crippen LogP contribution is -2.46. The highest BCUT2D eigenvalue weighted by Crippen LogP contribution is 2.45. The maximum Gasteiger partial charge on any atom is 0.173 e. The van der Waals surface area contributed by atoms with Crippen molar-refractivity contribution in [2.45, 2.75) is 68.5 Å². The van der Waals surface area contributed by atoms with Crippen LogP contribution < -0.4 is 9.47 Å².